The van der Waals surface area contributed by atoms with Crippen LogP contribution in [0.5, 0.6) is 0 Å². The molecule has 1 aliphatic rings. The number of piperazine rings is 1. The number of rotatable bonds is 5. The summed E-state index contributed by atoms with van der Waals surface area (Å²) in [5, 5.41) is 15.6. The maximum absolute atomic E-state index is 11.9. The van der Waals surface area contributed by atoms with E-state index in [1.54, 1.807) is 12.1 Å². The lowest BCUT2D eigenvalue weighted by atomic mass is 10.2. The first kappa shape index (κ1) is 21.4. The number of carboxylic acids is 2. The Labute approximate surface area is 153 Å². The molecule has 1 aromatic rings. The van der Waals surface area contributed by atoms with Gasteiger partial charge in [0.1, 0.15) is 0 Å². The van der Waals surface area contributed by atoms with Crippen molar-refractivity contribution >= 4 is 17.6 Å². The molecule has 0 unspecified atom stereocenters. The van der Waals surface area contributed by atoms with E-state index in [0.717, 1.165) is 38.4 Å². The van der Waals surface area contributed by atoms with Crippen LogP contribution in [-0.4, -0.2) is 59.8 Å². The van der Waals surface area contributed by atoms with Crippen molar-refractivity contribution in [3.63, 3.8) is 0 Å². The molecule has 0 aromatic heterocycles. The summed E-state index contributed by atoms with van der Waals surface area (Å²) in [6, 6.07) is 9.23. The second-order valence-electron chi connectivity index (χ2n) is 6.35. The molecular weight excluding hydrogens is 336 g/mol. The maximum Gasteiger partial charge on any atom is 0.328 e. The van der Waals surface area contributed by atoms with Gasteiger partial charge in [0.25, 0.3) is 0 Å². The molecule has 0 bridgehead atoms. The Kier molecular flexibility index (Phi) is 9.08. The van der Waals surface area contributed by atoms with Crippen LogP contribution in [-0.2, 0) is 9.59 Å². The summed E-state index contributed by atoms with van der Waals surface area (Å²) in [5.74, 6) is -1.80. The first-order chi connectivity index (χ1) is 12.3. The van der Waals surface area contributed by atoms with Crippen molar-refractivity contribution in [1.82, 2.24) is 4.90 Å². The Balaban J connectivity index is 0.000000359. The predicted octanol–water partition coefficient (Wildman–Crippen LogP) is 1.54. The van der Waals surface area contributed by atoms with E-state index in [9.17, 15) is 14.4 Å². The van der Waals surface area contributed by atoms with E-state index in [1.165, 1.54) is 0 Å². The molecular formula is C19H26N2O5. The van der Waals surface area contributed by atoms with Crippen molar-refractivity contribution in [3.05, 3.63) is 52.7 Å². The van der Waals surface area contributed by atoms with Gasteiger partial charge in [-0.3, -0.25) is 9.69 Å². The molecule has 2 rings (SSSR count). The van der Waals surface area contributed by atoms with Gasteiger partial charge in [-0.1, -0.05) is 32.0 Å². The standard InChI is InChI=1S/C15H22N2O.C4H4O4/c1-13(2)12-16-8-10-17(11-9-16)14-6-4-3-5-7-15(14)18;5-3(6)1-2-4(7)8/h3-7,13H,8-12H2,1-2H3;1-2H,(H,5,6)(H,7,8)/b;2-1-. The molecule has 0 amide bonds. The van der Waals surface area contributed by atoms with Crippen LogP contribution >= 0.6 is 0 Å². The van der Waals surface area contributed by atoms with Crippen LogP contribution in [0.2, 0.25) is 0 Å². The molecule has 1 fully saturated rings. The van der Waals surface area contributed by atoms with Gasteiger partial charge in [0.2, 0.25) is 5.43 Å². The fourth-order valence-corrected chi connectivity index (χ4v) is 2.61. The number of anilines is 1. The third-order valence-electron chi connectivity index (χ3n) is 3.68. The van der Waals surface area contributed by atoms with Gasteiger partial charge in [0, 0.05) is 44.9 Å². The smallest absolute Gasteiger partial charge is 0.328 e. The van der Waals surface area contributed by atoms with E-state index in [-0.39, 0.29) is 5.43 Å². The summed E-state index contributed by atoms with van der Waals surface area (Å²) in [4.78, 5) is 35.7. The molecule has 0 aliphatic carbocycles. The molecule has 7 nitrogen and oxygen atoms in total. The second-order valence-corrected chi connectivity index (χ2v) is 6.35. The first-order valence-electron chi connectivity index (χ1n) is 8.50. The Morgan fingerprint density at radius 1 is 1.00 bits per heavy atom. The molecule has 2 N–H and O–H groups in total. The van der Waals surface area contributed by atoms with Gasteiger partial charge >= 0.3 is 11.9 Å². The van der Waals surface area contributed by atoms with Crippen LogP contribution in [0.1, 0.15) is 13.8 Å². The van der Waals surface area contributed by atoms with E-state index < -0.39 is 11.9 Å². The molecule has 142 valence electrons. The third-order valence-corrected chi connectivity index (χ3v) is 3.68. The Bertz CT molecular complexity index is 664. The van der Waals surface area contributed by atoms with Gasteiger partial charge in [0.05, 0.1) is 5.69 Å². The highest BCUT2D eigenvalue weighted by atomic mass is 16.4. The summed E-state index contributed by atoms with van der Waals surface area (Å²) < 4.78 is 0. The van der Waals surface area contributed by atoms with Crippen LogP contribution in [0, 0.1) is 5.92 Å². The highest BCUT2D eigenvalue weighted by molar-refractivity contribution is 5.89. The van der Waals surface area contributed by atoms with Crippen molar-refractivity contribution in [2.45, 2.75) is 13.8 Å². The molecule has 0 atom stereocenters. The average Bonchev–Trinajstić information content (AvgIpc) is 2.78. The second kappa shape index (κ2) is 11.0. The zero-order valence-electron chi connectivity index (χ0n) is 15.2. The summed E-state index contributed by atoms with van der Waals surface area (Å²) in [7, 11) is 0. The molecule has 26 heavy (non-hydrogen) atoms. The minimum Gasteiger partial charge on any atom is -0.478 e. The van der Waals surface area contributed by atoms with Gasteiger partial charge < -0.3 is 15.1 Å². The maximum atomic E-state index is 11.9. The quantitative estimate of drug-likeness (QED) is 0.767. The lowest BCUT2D eigenvalue weighted by Gasteiger charge is -2.36. The van der Waals surface area contributed by atoms with E-state index in [1.807, 2.05) is 18.2 Å². The van der Waals surface area contributed by atoms with Gasteiger partial charge in [-0.15, -0.1) is 0 Å². The Morgan fingerprint density at radius 3 is 2.04 bits per heavy atom. The average molecular weight is 362 g/mol. The van der Waals surface area contributed by atoms with E-state index >= 15 is 0 Å². The largest absolute Gasteiger partial charge is 0.478 e. The van der Waals surface area contributed by atoms with Gasteiger partial charge in [-0.05, 0) is 18.1 Å². The molecule has 0 spiro atoms. The molecule has 1 aromatic carbocycles. The third kappa shape index (κ3) is 8.43. The highest BCUT2D eigenvalue weighted by Gasteiger charge is 2.18. The minimum absolute atomic E-state index is 0.123. The van der Waals surface area contributed by atoms with Gasteiger partial charge in [0.15, 0.2) is 0 Å². The lowest BCUT2D eigenvalue weighted by Crippen LogP contribution is -2.48. The molecule has 0 saturated carbocycles. The molecule has 1 heterocycles. The monoisotopic (exact) mass is 362 g/mol. The van der Waals surface area contributed by atoms with Crippen LogP contribution in [0.4, 0.5) is 5.69 Å². The number of aliphatic carboxylic acids is 2. The van der Waals surface area contributed by atoms with Crippen LogP contribution in [0.3, 0.4) is 0 Å². The molecule has 0 radical (unpaired) electrons. The van der Waals surface area contributed by atoms with Crippen LogP contribution in [0.15, 0.2) is 47.3 Å². The Hall–Kier alpha value is -2.67. The summed E-state index contributed by atoms with van der Waals surface area (Å²) in [6.07, 6.45) is 1.12. The summed E-state index contributed by atoms with van der Waals surface area (Å²) >= 11 is 0. The fourth-order valence-electron chi connectivity index (χ4n) is 2.61. The fraction of sp³-hybridized carbons (Fsp3) is 0.421. The molecule has 1 aliphatic heterocycles. The SMILES string of the molecule is CC(C)CN1CCN(c2cccccc2=O)CC1.O=C(O)/C=C\C(=O)O. The predicted molar refractivity (Wildman–Crippen MR) is 101 cm³/mol. The zero-order valence-corrected chi connectivity index (χ0v) is 15.2. The van der Waals surface area contributed by atoms with Crippen molar-refractivity contribution in [3.8, 4) is 0 Å². The van der Waals surface area contributed by atoms with Crippen LogP contribution in [0.25, 0.3) is 0 Å². The number of hydrogen-bond donors (Lipinski definition) is 2. The molecule has 1 saturated heterocycles. The number of carbonyl (C=O) groups is 2. The van der Waals surface area contributed by atoms with E-state index in [0.29, 0.717) is 18.1 Å². The summed E-state index contributed by atoms with van der Waals surface area (Å²) in [5.41, 5.74) is 0.960. The van der Waals surface area contributed by atoms with E-state index in [4.69, 9.17) is 10.2 Å². The van der Waals surface area contributed by atoms with Gasteiger partial charge in [-0.25, -0.2) is 9.59 Å². The summed E-state index contributed by atoms with van der Waals surface area (Å²) in [6.45, 7) is 9.66. The first-order valence-corrected chi connectivity index (χ1v) is 8.50. The van der Waals surface area contributed by atoms with Crippen molar-refractivity contribution < 1.29 is 19.8 Å². The van der Waals surface area contributed by atoms with E-state index in [2.05, 4.69) is 23.6 Å². The molecule has 7 heteroatoms. The lowest BCUT2D eigenvalue weighted by molar-refractivity contribution is -0.134. The number of carboxylic acid groups (broad SMARTS) is 2. The number of nitrogens with zero attached hydrogens (tertiary/aromatic N) is 2. The van der Waals surface area contributed by atoms with Crippen molar-refractivity contribution in [1.29, 1.82) is 0 Å². The minimum atomic E-state index is -1.26. The van der Waals surface area contributed by atoms with Gasteiger partial charge in [-0.2, -0.15) is 0 Å². The van der Waals surface area contributed by atoms with Crippen LogP contribution < -0.4 is 10.3 Å². The van der Waals surface area contributed by atoms with Crippen molar-refractivity contribution in [2.75, 3.05) is 37.6 Å². The number of hydrogen-bond acceptors (Lipinski definition) is 5. The topological polar surface area (TPSA) is 98.2 Å². The zero-order chi connectivity index (χ0) is 19.5. The van der Waals surface area contributed by atoms with Crippen molar-refractivity contribution in [2.24, 2.45) is 5.92 Å². The Morgan fingerprint density at radius 2 is 1.54 bits per heavy atom. The normalized spacial score (nSPS) is 14.8. The highest BCUT2D eigenvalue weighted by Crippen LogP contribution is 2.11.